The van der Waals surface area contributed by atoms with Crippen molar-refractivity contribution in [2.75, 3.05) is 19.8 Å². The first-order chi connectivity index (χ1) is 10.3. The van der Waals surface area contributed by atoms with Gasteiger partial charge in [0.05, 0.1) is 6.61 Å². The third kappa shape index (κ3) is 4.76. The van der Waals surface area contributed by atoms with Crippen LogP contribution in [0.1, 0.15) is 31.2 Å². The van der Waals surface area contributed by atoms with Crippen LogP contribution < -0.4 is 14.8 Å². The maximum atomic E-state index is 5.82. The molecule has 4 heteroatoms. The number of hydrogen-bond donors (Lipinski definition) is 1. The second-order valence-electron chi connectivity index (χ2n) is 4.66. The zero-order valence-corrected chi connectivity index (χ0v) is 13.5. The van der Waals surface area contributed by atoms with E-state index in [-0.39, 0.29) is 0 Å². The lowest BCUT2D eigenvalue weighted by Crippen LogP contribution is -2.25. The van der Waals surface area contributed by atoms with Crippen LogP contribution in [-0.2, 0) is 0 Å². The summed E-state index contributed by atoms with van der Waals surface area (Å²) >= 11 is 1.80. The van der Waals surface area contributed by atoms with Crippen LogP contribution in [0.2, 0.25) is 0 Å². The van der Waals surface area contributed by atoms with Crippen molar-refractivity contribution in [3.8, 4) is 11.5 Å². The van der Waals surface area contributed by atoms with Crippen LogP contribution in [0, 0.1) is 0 Å². The molecule has 0 amide bonds. The van der Waals surface area contributed by atoms with E-state index in [1.165, 1.54) is 4.88 Å². The van der Waals surface area contributed by atoms with Gasteiger partial charge < -0.3 is 14.8 Å². The first-order valence-electron chi connectivity index (χ1n) is 7.46. The van der Waals surface area contributed by atoms with E-state index in [9.17, 15) is 0 Å². The van der Waals surface area contributed by atoms with Crippen molar-refractivity contribution >= 4 is 11.3 Å². The first-order valence-corrected chi connectivity index (χ1v) is 8.34. The Labute approximate surface area is 130 Å². The van der Waals surface area contributed by atoms with E-state index < -0.39 is 0 Å². The van der Waals surface area contributed by atoms with E-state index in [1.807, 2.05) is 31.2 Å². The molecule has 0 aliphatic rings. The topological polar surface area (TPSA) is 30.5 Å². The summed E-state index contributed by atoms with van der Waals surface area (Å²) in [5.74, 6) is 1.62. The highest BCUT2D eigenvalue weighted by atomic mass is 32.1. The minimum absolute atomic E-state index is 0.413. The Morgan fingerprint density at radius 3 is 2.43 bits per heavy atom. The minimum Gasteiger partial charge on any atom is -0.490 e. The minimum atomic E-state index is 0.413. The van der Waals surface area contributed by atoms with Crippen LogP contribution in [0.5, 0.6) is 11.5 Å². The molecular weight excluding hydrogens is 282 g/mol. The summed E-state index contributed by atoms with van der Waals surface area (Å²) in [6.45, 7) is 6.27. The number of nitrogens with one attached hydrogen (secondary N) is 1. The summed E-state index contributed by atoms with van der Waals surface area (Å²) in [5.41, 5.74) is 0. The fraction of sp³-hybridized carbons (Fsp3) is 0.412. The summed E-state index contributed by atoms with van der Waals surface area (Å²) in [7, 11) is 0. The molecule has 0 saturated heterocycles. The van der Waals surface area contributed by atoms with Gasteiger partial charge >= 0.3 is 0 Å². The highest BCUT2D eigenvalue weighted by Gasteiger charge is 2.09. The van der Waals surface area contributed by atoms with Gasteiger partial charge in [0.15, 0.2) is 11.5 Å². The van der Waals surface area contributed by atoms with Gasteiger partial charge in [-0.2, -0.15) is 0 Å². The van der Waals surface area contributed by atoms with E-state index in [0.29, 0.717) is 19.3 Å². The molecule has 1 heterocycles. The SMILES string of the molecule is CCOc1ccccc1OCCNC(CC)c1cccs1. The molecule has 114 valence electrons. The summed E-state index contributed by atoms with van der Waals surface area (Å²) in [6.07, 6.45) is 1.08. The highest BCUT2D eigenvalue weighted by molar-refractivity contribution is 7.10. The van der Waals surface area contributed by atoms with Crippen LogP contribution in [0.25, 0.3) is 0 Å². The third-order valence-electron chi connectivity index (χ3n) is 3.19. The Bertz CT molecular complexity index is 513. The molecule has 3 nitrogen and oxygen atoms in total. The molecule has 1 atom stereocenters. The Kier molecular flexibility index (Phi) is 6.57. The molecule has 0 radical (unpaired) electrons. The van der Waals surface area contributed by atoms with Crippen LogP contribution in [0.4, 0.5) is 0 Å². The average molecular weight is 305 g/mol. The summed E-state index contributed by atoms with van der Waals surface area (Å²) in [5, 5.41) is 5.66. The van der Waals surface area contributed by atoms with Crippen molar-refractivity contribution in [2.45, 2.75) is 26.3 Å². The summed E-state index contributed by atoms with van der Waals surface area (Å²) in [4.78, 5) is 1.38. The molecule has 2 aromatic rings. The van der Waals surface area contributed by atoms with Crippen molar-refractivity contribution in [1.29, 1.82) is 0 Å². The van der Waals surface area contributed by atoms with Gasteiger partial charge in [0.2, 0.25) is 0 Å². The molecule has 0 spiro atoms. The Morgan fingerprint density at radius 2 is 1.81 bits per heavy atom. The molecule has 0 aliphatic carbocycles. The van der Waals surface area contributed by atoms with Gasteiger partial charge in [-0.25, -0.2) is 0 Å². The van der Waals surface area contributed by atoms with Crippen LogP contribution in [0.15, 0.2) is 41.8 Å². The normalized spacial score (nSPS) is 12.1. The number of thiophene rings is 1. The van der Waals surface area contributed by atoms with Gasteiger partial charge in [-0.05, 0) is 36.9 Å². The Balaban J connectivity index is 1.79. The zero-order chi connectivity index (χ0) is 14.9. The lowest BCUT2D eigenvalue weighted by Gasteiger charge is -2.16. The van der Waals surface area contributed by atoms with E-state index in [2.05, 4.69) is 29.8 Å². The second kappa shape index (κ2) is 8.70. The molecule has 2 rings (SSSR count). The van der Waals surface area contributed by atoms with Crippen LogP contribution in [0.3, 0.4) is 0 Å². The largest absolute Gasteiger partial charge is 0.490 e. The van der Waals surface area contributed by atoms with Gasteiger partial charge in [0.25, 0.3) is 0 Å². The first kappa shape index (κ1) is 15.9. The van der Waals surface area contributed by atoms with E-state index >= 15 is 0 Å². The van der Waals surface area contributed by atoms with E-state index in [1.54, 1.807) is 11.3 Å². The van der Waals surface area contributed by atoms with Gasteiger partial charge in [-0.15, -0.1) is 11.3 Å². The van der Waals surface area contributed by atoms with E-state index in [4.69, 9.17) is 9.47 Å². The van der Waals surface area contributed by atoms with Crippen molar-refractivity contribution in [2.24, 2.45) is 0 Å². The quantitative estimate of drug-likeness (QED) is 0.702. The van der Waals surface area contributed by atoms with Gasteiger partial charge in [0.1, 0.15) is 6.61 Å². The monoisotopic (exact) mass is 305 g/mol. The molecule has 21 heavy (non-hydrogen) atoms. The summed E-state index contributed by atoms with van der Waals surface area (Å²) < 4.78 is 11.4. The van der Waals surface area contributed by atoms with Crippen molar-refractivity contribution in [1.82, 2.24) is 5.32 Å². The average Bonchev–Trinajstić information content (AvgIpc) is 3.03. The molecule has 1 N–H and O–H groups in total. The van der Waals surface area contributed by atoms with Gasteiger partial charge in [-0.1, -0.05) is 25.1 Å². The molecule has 0 fully saturated rings. The standard InChI is InChI=1S/C17H23NO2S/c1-3-14(17-10-7-13-21-17)18-11-12-20-16-9-6-5-8-15(16)19-4-2/h5-10,13-14,18H,3-4,11-12H2,1-2H3. The van der Waals surface area contributed by atoms with Crippen molar-refractivity contribution in [3.05, 3.63) is 46.7 Å². The fourth-order valence-electron chi connectivity index (χ4n) is 2.17. The fourth-order valence-corrected chi connectivity index (χ4v) is 3.06. The Hall–Kier alpha value is -1.52. The van der Waals surface area contributed by atoms with Crippen molar-refractivity contribution < 1.29 is 9.47 Å². The highest BCUT2D eigenvalue weighted by Crippen LogP contribution is 2.26. The molecular formula is C17H23NO2S. The second-order valence-corrected chi connectivity index (χ2v) is 5.64. The number of para-hydroxylation sites is 2. The number of benzene rings is 1. The number of hydrogen-bond acceptors (Lipinski definition) is 4. The van der Waals surface area contributed by atoms with Crippen LogP contribution >= 0.6 is 11.3 Å². The Morgan fingerprint density at radius 1 is 1.05 bits per heavy atom. The molecule has 0 aliphatic heterocycles. The third-order valence-corrected chi connectivity index (χ3v) is 4.18. The smallest absolute Gasteiger partial charge is 0.161 e. The number of rotatable bonds is 9. The molecule has 1 aromatic carbocycles. The predicted molar refractivity (Wildman–Crippen MR) is 88.5 cm³/mol. The summed E-state index contributed by atoms with van der Waals surface area (Å²) in [6, 6.07) is 12.5. The molecule has 0 bridgehead atoms. The molecule has 1 aromatic heterocycles. The maximum Gasteiger partial charge on any atom is 0.161 e. The predicted octanol–water partition coefficient (Wildman–Crippen LogP) is 4.27. The van der Waals surface area contributed by atoms with E-state index in [0.717, 1.165) is 24.5 Å². The van der Waals surface area contributed by atoms with Crippen LogP contribution in [-0.4, -0.2) is 19.8 Å². The number of ether oxygens (including phenoxy) is 2. The van der Waals surface area contributed by atoms with Crippen molar-refractivity contribution in [3.63, 3.8) is 0 Å². The molecule has 1 unspecified atom stereocenters. The lowest BCUT2D eigenvalue weighted by atomic mass is 10.2. The zero-order valence-electron chi connectivity index (χ0n) is 12.7. The lowest BCUT2D eigenvalue weighted by molar-refractivity contribution is 0.271. The maximum absolute atomic E-state index is 5.82. The van der Waals surface area contributed by atoms with Gasteiger partial charge in [0, 0.05) is 17.5 Å². The molecule has 0 saturated carbocycles. The van der Waals surface area contributed by atoms with Gasteiger partial charge in [-0.3, -0.25) is 0 Å².